The molecule has 0 spiro atoms. The molecule has 3 atom stereocenters. The van der Waals surface area contributed by atoms with Crippen LogP contribution < -0.4 is 4.98 Å². The van der Waals surface area contributed by atoms with E-state index in [1.54, 1.807) is 29.8 Å². The quantitative estimate of drug-likeness (QED) is 0.165. The number of ether oxygens (including phenoxy) is 2. The van der Waals surface area contributed by atoms with Crippen molar-refractivity contribution in [2.45, 2.75) is 101 Å². The van der Waals surface area contributed by atoms with Crippen molar-refractivity contribution in [2.75, 3.05) is 6.61 Å². The van der Waals surface area contributed by atoms with Crippen LogP contribution in [-0.4, -0.2) is 39.3 Å². The van der Waals surface area contributed by atoms with Crippen LogP contribution in [0.15, 0.2) is 24.5 Å². The predicted octanol–water partition coefficient (Wildman–Crippen LogP) is 6.20. The van der Waals surface area contributed by atoms with Crippen LogP contribution in [0.2, 0.25) is 0 Å². The van der Waals surface area contributed by atoms with E-state index in [0.29, 0.717) is 30.6 Å². The molecule has 0 radical (unpaired) electrons. The first-order valence-electron chi connectivity index (χ1n) is 12.3. The first-order valence-corrected chi connectivity index (χ1v) is 12.3. The molecular weight excluding hydrogens is 568 g/mol. The third-order valence-corrected chi connectivity index (χ3v) is 6.30. The van der Waals surface area contributed by atoms with Gasteiger partial charge in [-0.15, -0.1) is 0 Å². The standard InChI is InChI=1S/C19H31NO3.C7H11N3O2.CH4.Ag/c1-18(2,3)14-10-9-13(23-16(14)19(4,5)6)12-22-17(21)15-8-7-11-20-15;1-3-4-9-6(2)8-5-7(9)10(11)12;;/h7-8,11,13-14,16H,9-10,12H2,1-6H3,(H,20,21);5H,3-4H2,1-2H3;1H4;/q;;;+1/p-1. The van der Waals surface area contributed by atoms with Crippen LogP contribution >= 0.6 is 0 Å². The Morgan fingerprint density at radius 1 is 1.24 bits per heavy atom. The van der Waals surface area contributed by atoms with Gasteiger partial charge in [0, 0.05) is 6.92 Å². The molecule has 1 fully saturated rings. The smallest absolute Gasteiger partial charge is 0.658 e. The maximum Gasteiger partial charge on any atom is 1.00 e. The van der Waals surface area contributed by atoms with Gasteiger partial charge in [0.2, 0.25) is 0 Å². The van der Waals surface area contributed by atoms with Gasteiger partial charge in [0.15, 0.2) is 5.82 Å². The van der Waals surface area contributed by atoms with Gasteiger partial charge in [0.1, 0.15) is 12.8 Å². The fourth-order valence-electron chi connectivity index (χ4n) is 4.47. The van der Waals surface area contributed by atoms with Crippen LogP contribution in [0.5, 0.6) is 0 Å². The molecule has 37 heavy (non-hydrogen) atoms. The second kappa shape index (κ2) is 14.9. The first kappa shape index (κ1) is 35.1. The van der Waals surface area contributed by atoms with E-state index < -0.39 is 4.92 Å². The van der Waals surface area contributed by atoms with Crippen molar-refractivity contribution in [1.29, 1.82) is 0 Å². The molecule has 1 aliphatic heterocycles. The number of imidazole rings is 1. The zero-order valence-corrected chi connectivity index (χ0v) is 24.2. The molecule has 1 saturated heterocycles. The molecule has 9 nitrogen and oxygen atoms in total. The number of aryl methyl sites for hydroxylation is 1. The van der Waals surface area contributed by atoms with Gasteiger partial charge in [0.05, 0.1) is 18.8 Å². The van der Waals surface area contributed by atoms with Crippen LogP contribution in [0.25, 0.3) is 0 Å². The Labute approximate surface area is 237 Å². The summed E-state index contributed by atoms with van der Waals surface area (Å²) in [5.41, 5.74) is 0.632. The molecule has 0 aromatic carbocycles. The Bertz CT molecular complexity index is 961. The van der Waals surface area contributed by atoms with Gasteiger partial charge in [-0.2, -0.15) is 6.20 Å². The SMILES string of the molecule is C.CC(C)(C)C1CCC(COC(=O)c2ccc[n-]2)OC1C(C)(C)C.CCCn1c([N+](=O)[O-])cnc1C.[Ag+]. The van der Waals surface area contributed by atoms with Gasteiger partial charge in [-0.3, -0.25) is 0 Å². The van der Waals surface area contributed by atoms with E-state index in [1.165, 1.54) is 6.20 Å². The topological polar surface area (TPSA) is 111 Å². The minimum atomic E-state index is -0.407. The molecule has 3 unspecified atom stereocenters. The van der Waals surface area contributed by atoms with Crippen LogP contribution in [0.1, 0.15) is 91.5 Å². The van der Waals surface area contributed by atoms with Gasteiger partial charge in [-0.05, 0) is 46.6 Å². The van der Waals surface area contributed by atoms with Crippen LogP contribution in [0.3, 0.4) is 0 Å². The number of aromatic nitrogens is 3. The van der Waals surface area contributed by atoms with Crippen molar-refractivity contribution in [2.24, 2.45) is 16.7 Å². The maximum absolute atomic E-state index is 11.9. The number of hydrogen-bond donors (Lipinski definition) is 0. The summed E-state index contributed by atoms with van der Waals surface area (Å²) in [4.78, 5) is 29.8. The van der Waals surface area contributed by atoms with E-state index in [2.05, 4.69) is 51.5 Å². The third kappa shape index (κ3) is 10.0. The monoisotopic (exact) mass is 612 g/mol. The van der Waals surface area contributed by atoms with Crippen LogP contribution in [0.4, 0.5) is 5.82 Å². The molecule has 2 aromatic rings. The zero-order valence-electron chi connectivity index (χ0n) is 22.7. The van der Waals surface area contributed by atoms with Gasteiger partial charge in [-0.1, -0.05) is 68.0 Å². The van der Waals surface area contributed by atoms with Crippen LogP contribution in [0, 0.1) is 33.8 Å². The summed E-state index contributed by atoms with van der Waals surface area (Å²) >= 11 is 0. The van der Waals surface area contributed by atoms with E-state index >= 15 is 0 Å². The van der Waals surface area contributed by atoms with Crippen molar-refractivity contribution < 1.29 is 41.6 Å². The summed E-state index contributed by atoms with van der Waals surface area (Å²) < 4.78 is 13.4. The number of nitro groups is 1. The number of carbonyl (C=O) groups excluding carboxylic acids is 1. The number of hydrogen-bond acceptors (Lipinski definition) is 6. The Morgan fingerprint density at radius 3 is 2.38 bits per heavy atom. The van der Waals surface area contributed by atoms with Crippen molar-refractivity contribution >= 4 is 11.8 Å². The summed E-state index contributed by atoms with van der Waals surface area (Å²) in [7, 11) is 0. The minimum absolute atomic E-state index is 0. The number of esters is 1. The van der Waals surface area contributed by atoms with Crippen molar-refractivity contribution in [1.82, 2.24) is 14.5 Å². The average molecular weight is 614 g/mol. The van der Waals surface area contributed by atoms with Gasteiger partial charge < -0.3 is 24.6 Å². The van der Waals surface area contributed by atoms with E-state index in [0.717, 1.165) is 19.3 Å². The first-order chi connectivity index (χ1) is 16.3. The summed E-state index contributed by atoms with van der Waals surface area (Å²) in [5, 5.41) is 10.5. The minimum Gasteiger partial charge on any atom is -0.658 e. The molecule has 0 bridgehead atoms. The normalized spacial score (nSPS) is 19.5. The Hall–Kier alpha value is -1.94. The predicted molar refractivity (Wildman–Crippen MR) is 141 cm³/mol. The van der Waals surface area contributed by atoms with Gasteiger partial charge >= 0.3 is 34.2 Å². The summed E-state index contributed by atoms with van der Waals surface area (Å²) in [6.45, 7) is 18.2. The largest absolute Gasteiger partial charge is 1.00 e. The molecule has 0 saturated carbocycles. The summed E-state index contributed by atoms with van der Waals surface area (Å²) in [6.07, 6.45) is 5.92. The molecule has 0 aliphatic carbocycles. The van der Waals surface area contributed by atoms with E-state index in [9.17, 15) is 14.9 Å². The zero-order chi connectivity index (χ0) is 26.4. The third-order valence-electron chi connectivity index (χ3n) is 6.30. The number of carbonyl (C=O) groups is 1. The Kier molecular flexibility index (Phi) is 14.1. The number of rotatable bonds is 6. The molecule has 214 valence electrons. The molecule has 0 amide bonds. The van der Waals surface area contributed by atoms with E-state index in [4.69, 9.17) is 9.47 Å². The molecule has 3 heterocycles. The fourth-order valence-corrected chi connectivity index (χ4v) is 4.47. The van der Waals surface area contributed by atoms with E-state index in [-0.39, 0.29) is 64.6 Å². The van der Waals surface area contributed by atoms with Crippen molar-refractivity contribution in [3.05, 3.63) is 46.2 Å². The maximum atomic E-state index is 11.9. The molecule has 1 aliphatic rings. The molecule has 3 rings (SSSR count). The van der Waals surface area contributed by atoms with Gasteiger partial charge in [0.25, 0.3) is 0 Å². The molecule has 2 aromatic heterocycles. The number of nitrogens with zero attached hydrogens (tertiary/aromatic N) is 4. The molecular formula is C27H45AgN4O5. The Morgan fingerprint density at radius 2 is 1.89 bits per heavy atom. The molecule has 0 N–H and O–H groups in total. The average Bonchev–Trinajstić information content (AvgIpc) is 3.42. The summed E-state index contributed by atoms with van der Waals surface area (Å²) in [5.74, 6) is 0.910. The molecule has 10 heteroatoms. The fraction of sp³-hybridized carbons (Fsp3) is 0.704. The van der Waals surface area contributed by atoms with Crippen molar-refractivity contribution in [3.63, 3.8) is 0 Å². The second-order valence-corrected chi connectivity index (χ2v) is 11.3. The Balaban J connectivity index is 0.000000790. The van der Waals surface area contributed by atoms with Gasteiger partial charge in [-0.25, -0.2) is 14.3 Å². The van der Waals surface area contributed by atoms with Crippen molar-refractivity contribution in [3.8, 4) is 0 Å². The van der Waals surface area contributed by atoms with E-state index in [1.807, 2.05) is 6.92 Å². The van der Waals surface area contributed by atoms with Crippen LogP contribution in [-0.2, 0) is 38.4 Å². The second-order valence-electron chi connectivity index (χ2n) is 11.3. The summed E-state index contributed by atoms with van der Waals surface area (Å²) in [6, 6.07) is 3.40.